The number of hydrogen-bond acceptors (Lipinski definition) is 3. The molecule has 0 amide bonds. The minimum absolute atomic E-state index is 0.538. The summed E-state index contributed by atoms with van der Waals surface area (Å²) in [5, 5.41) is 8.59. The van der Waals surface area contributed by atoms with Gasteiger partial charge in [-0.15, -0.1) is 0 Å². The highest BCUT2D eigenvalue weighted by Crippen LogP contribution is 2.09. The van der Waals surface area contributed by atoms with Crippen LogP contribution in [0.3, 0.4) is 0 Å². The molecule has 0 aromatic heterocycles. The molecule has 0 spiro atoms. The number of unbranched alkanes of at least 4 members (excludes halogenated alkanes) is 10. The van der Waals surface area contributed by atoms with Gasteiger partial charge in [-0.1, -0.05) is 63.7 Å². The Bertz CT molecular complexity index is 388. The van der Waals surface area contributed by atoms with Gasteiger partial charge in [-0.25, -0.2) is 0 Å². The molecule has 24 heavy (non-hydrogen) atoms. The second-order valence-electron chi connectivity index (χ2n) is 6.29. The van der Waals surface area contributed by atoms with Gasteiger partial charge in [0.2, 0.25) is 0 Å². The van der Waals surface area contributed by atoms with Crippen LogP contribution in [-0.4, -0.2) is 22.9 Å². The highest BCUT2D eigenvalue weighted by molar-refractivity contribution is 6.07. The molecule has 0 heterocycles. The number of rotatable bonds is 16. The Labute approximate surface area is 147 Å². The van der Waals surface area contributed by atoms with Gasteiger partial charge in [-0.3, -0.25) is 9.59 Å². The van der Waals surface area contributed by atoms with E-state index in [-0.39, 0.29) is 0 Å². The number of carbonyl (C=O) groups is 2. The highest BCUT2D eigenvalue weighted by Gasteiger charge is 2.17. The van der Waals surface area contributed by atoms with Gasteiger partial charge in [0.15, 0.2) is 11.8 Å². The smallest absolute Gasteiger partial charge is 0.328 e. The summed E-state index contributed by atoms with van der Waals surface area (Å²) in [5.41, 5.74) is 5.21. The van der Waals surface area contributed by atoms with Crippen molar-refractivity contribution in [2.75, 3.05) is 0 Å². The van der Waals surface area contributed by atoms with Gasteiger partial charge in [0, 0.05) is 0 Å². The summed E-state index contributed by atoms with van der Waals surface area (Å²) in [7, 11) is 0. The molecule has 0 aliphatic carbocycles. The normalized spacial score (nSPS) is 12.9. The third-order valence-corrected chi connectivity index (χ3v) is 3.99. The molecule has 0 fully saturated rings. The van der Waals surface area contributed by atoms with Gasteiger partial charge in [-0.05, 0) is 44.6 Å². The summed E-state index contributed by atoms with van der Waals surface area (Å²) >= 11 is 0. The van der Waals surface area contributed by atoms with Crippen LogP contribution in [0, 0.1) is 0 Å². The van der Waals surface area contributed by atoms with Crippen molar-refractivity contribution in [1.82, 2.24) is 0 Å². The van der Waals surface area contributed by atoms with Gasteiger partial charge in [-0.2, -0.15) is 0 Å². The molecular weight excluding hydrogens is 302 g/mol. The largest absolute Gasteiger partial charge is 0.480 e. The second kappa shape index (κ2) is 16.4. The Morgan fingerprint density at radius 3 is 1.79 bits per heavy atom. The molecule has 1 unspecified atom stereocenters. The lowest BCUT2D eigenvalue weighted by molar-refractivity contribution is -0.141. The first kappa shape index (κ1) is 22.6. The maximum absolute atomic E-state index is 11.3. The highest BCUT2D eigenvalue weighted by atomic mass is 16.4. The molecular formula is C20H35NO3. The van der Waals surface area contributed by atoms with Crippen molar-refractivity contribution < 1.29 is 14.7 Å². The van der Waals surface area contributed by atoms with E-state index in [2.05, 4.69) is 19.1 Å². The minimum Gasteiger partial charge on any atom is -0.480 e. The van der Waals surface area contributed by atoms with Gasteiger partial charge in [0.05, 0.1) is 0 Å². The second-order valence-corrected chi connectivity index (χ2v) is 6.29. The van der Waals surface area contributed by atoms with E-state index < -0.39 is 17.8 Å². The predicted octanol–water partition coefficient (Wildman–Crippen LogP) is 4.78. The zero-order chi connectivity index (χ0) is 18.0. The van der Waals surface area contributed by atoms with Crippen LogP contribution in [0.1, 0.15) is 84.0 Å². The zero-order valence-electron chi connectivity index (χ0n) is 15.2. The Morgan fingerprint density at radius 1 is 0.833 bits per heavy atom. The summed E-state index contributed by atoms with van der Waals surface area (Å²) in [4.78, 5) is 21.8. The summed E-state index contributed by atoms with van der Waals surface area (Å²) in [5.74, 6) is -1.82. The Hall–Kier alpha value is -1.42. The maximum atomic E-state index is 11.3. The first-order chi connectivity index (χ1) is 11.6. The molecule has 0 saturated carbocycles. The number of carbonyl (C=O) groups excluding carboxylic acids is 1. The number of ketones is 1. The van der Waals surface area contributed by atoms with Crippen LogP contribution in [-0.2, 0) is 9.59 Å². The Kier molecular flexibility index (Phi) is 15.5. The number of aliphatic carboxylic acids is 1. The van der Waals surface area contributed by atoms with Crippen LogP contribution in [0.2, 0.25) is 0 Å². The average molecular weight is 338 g/mol. The summed E-state index contributed by atoms with van der Waals surface area (Å²) < 4.78 is 0. The van der Waals surface area contributed by atoms with Crippen molar-refractivity contribution in [1.29, 1.82) is 0 Å². The molecule has 4 heteroatoms. The van der Waals surface area contributed by atoms with Gasteiger partial charge in [0.25, 0.3) is 0 Å². The number of allylic oxidation sites excluding steroid dienone is 3. The first-order valence-electron chi connectivity index (χ1n) is 9.43. The predicted molar refractivity (Wildman–Crippen MR) is 100.0 cm³/mol. The fourth-order valence-electron chi connectivity index (χ4n) is 2.40. The van der Waals surface area contributed by atoms with Crippen LogP contribution < -0.4 is 5.73 Å². The lowest BCUT2D eigenvalue weighted by Gasteiger charge is -2.00. The van der Waals surface area contributed by atoms with Gasteiger partial charge < -0.3 is 10.8 Å². The van der Waals surface area contributed by atoms with E-state index in [4.69, 9.17) is 10.8 Å². The van der Waals surface area contributed by atoms with Crippen LogP contribution >= 0.6 is 0 Å². The first-order valence-corrected chi connectivity index (χ1v) is 9.43. The zero-order valence-corrected chi connectivity index (χ0v) is 15.2. The lowest BCUT2D eigenvalue weighted by atomic mass is 10.1. The van der Waals surface area contributed by atoms with Gasteiger partial charge in [0.1, 0.15) is 0 Å². The van der Waals surface area contributed by atoms with Crippen molar-refractivity contribution in [3.63, 3.8) is 0 Å². The lowest BCUT2D eigenvalue weighted by Crippen LogP contribution is -2.37. The van der Waals surface area contributed by atoms with E-state index in [9.17, 15) is 9.59 Å². The molecule has 0 aliphatic heterocycles. The number of hydrogen-bond donors (Lipinski definition) is 2. The molecule has 0 rings (SSSR count). The van der Waals surface area contributed by atoms with Crippen molar-refractivity contribution in [3.05, 3.63) is 24.3 Å². The van der Waals surface area contributed by atoms with Crippen LogP contribution in [0.25, 0.3) is 0 Å². The van der Waals surface area contributed by atoms with E-state index >= 15 is 0 Å². The molecule has 0 aromatic rings. The number of carboxylic acids is 1. The number of carboxylic acid groups (broad SMARTS) is 1. The third-order valence-electron chi connectivity index (χ3n) is 3.99. The van der Waals surface area contributed by atoms with E-state index in [0.717, 1.165) is 19.3 Å². The molecule has 0 saturated heterocycles. The molecule has 0 radical (unpaired) electrons. The summed E-state index contributed by atoms with van der Waals surface area (Å²) in [6.07, 6.45) is 22.0. The van der Waals surface area contributed by atoms with E-state index in [0.29, 0.717) is 0 Å². The monoisotopic (exact) mass is 337 g/mol. The quantitative estimate of drug-likeness (QED) is 0.184. The molecule has 0 aliphatic rings. The maximum Gasteiger partial charge on any atom is 0.328 e. The van der Waals surface area contributed by atoms with E-state index in [1.165, 1.54) is 63.9 Å². The standard InChI is InChI=1S/C20H35NO3/c1-2-3-4-5-6-7-8-9-10-11-12-13-14-15-16-17-18(22)19(21)20(23)24/h7-8,16-17,19H,2-6,9-15,21H2,1H3,(H,23,24)/b8-7-,17-16+. The SMILES string of the molecule is CCCCCC/C=C\CCCCCCC/C=C/C(=O)C(N)C(=O)O. The topological polar surface area (TPSA) is 80.4 Å². The molecule has 4 nitrogen and oxygen atoms in total. The minimum atomic E-state index is -1.43. The van der Waals surface area contributed by atoms with Gasteiger partial charge >= 0.3 is 5.97 Å². The fraction of sp³-hybridized carbons (Fsp3) is 0.700. The molecule has 138 valence electrons. The third kappa shape index (κ3) is 14.2. The molecule has 3 N–H and O–H groups in total. The average Bonchev–Trinajstić information content (AvgIpc) is 2.57. The van der Waals surface area contributed by atoms with Crippen molar-refractivity contribution >= 4 is 11.8 Å². The van der Waals surface area contributed by atoms with Crippen molar-refractivity contribution in [2.45, 2.75) is 90.0 Å². The van der Waals surface area contributed by atoms with E-state index in [1.54, 1.807) is 6.08 Å². The van der Waals surface area contributed by atoms with Crippen LogP contribution in [0.15, 0.2) is 24.3 Å². The Morgan fingerprint density at radius 2 is 1.29 bits per heavy atom. The van der Waals surface area contributed by atoms with E-state index in [1.807, 2.05) is 0 Å². The molecule has 0 aromatic carbocycles. The Balaban J connectivity index is 3.38. The summed E-state index contributed by atoms with van der Waals surface area (Å²) in [6, 6.07) is -1.43. The fourth-order valence-corrected chi connectivity index (χ4v) is 2.40. The van der Waals surface area contributed by atoms with Crippen molar-refractivity contribution in [3.8, 4) is 0 Å². The number of nitrogens with two attached hydrogens (primary N) is 1. The molecule has 1 atom stereocenters. The molecule has 0 bridgehead atoms. The summed E-state index contributed by atoms with van der Waals surface area (Å²) in [6.45, 7) is 2.24. The van der Waals surface area contributed by atoms with Crippen molar-refractivity contribution in [2.24, 2.45) is 5.73 Å². The van der Waals surface area contributed by atoms with Crippen LogP contribution in [0.5, 0.6) is 0 Å². The van der Waals surface area contributed by atoms with Crippen LogP contribution in [0.4, 0.5) is 0 Å².